The summed E-state index contributed by atoms with van der Waals surface area (Å²) in [6.07, 6.45) is 0.416. The van der Waals surface area contributed by atoms with Crippen LogP contribution in [0.4, 0.5) is 0 Å². The van der Waals surface area contributed by atoms with Crippen molar-refractivity contribution < 1.29 is 5.11 Å². The molecule has 0 radical (unpaired) electrons. The summed E-state index contributed by atoms with van der Waals surface area (Å²) in [5.74, 6) is 0. The van der Waals surface area contributed by atoms with Gasteiger partial charge in [0.05, 0.1) is 22.0 Å². The fourth-order valence-corrected chi connectivity index (χ4v) is 2.75. The maximum atomic E-state index is 10.7. The summed E-state index contributed by atoms with van der Waals surface area (Å²) in [5, 5.41) is 15.6. The molecule has 0 aliphatic heterocycles. The highest BCUT2D eigenvalue weighted by atomic mass is 79.9. The van der Waals surface area contributed by atoms with Gasteiger partial charge in [-0.3, -0.25) is 4.68 Å². The summed E-state index contributed by atoms with van der Waals surface area (Å²) in [6, 6.07) is 7.66. The molecule has 1 heterocycles. The van der Waals surface area contributed by atoms with E-state index in [1.807, 2.05) is 38.2 Å². The molecule has 2 rings (SSSR count). The molecule has 2 aromatic rings. The van der Waals surface area contributed by atoms with Gasteiger partial charge in [0, 0.05) is 17.9 Å². The number of aliphatic hydroxyl groups is 1. The molecule has 1 unspecified atom stereocenters. The third kappa shape index (κ3) is 3.02. The number of rotatable bonds is 3. The third-order valence-electron chi connectivity index (χ3n) is 3.22. The van der Waals surface area contributed by atoms with Crippen molar-refractivity contribution in [3.8, 4) is 0 Å². The van der Waals surface area contributed by atoms with Gasteiger partial charge in [-0.25, -0.2) is 0 Å². The van der Waals surface area contributed by atoms with Gasteiger partial charge in [0.1, 0.15) is 0 Å². The molecule has 0 aliphatic rings. The quantitative estimate of drug-likeness (QED) is 0.925. The van der Waals surface area contributed by atoms with Crippen LogP contribution < -0.4 is 0 Å². The highest BCUT2D eigenvalue weighted by Gasteiger charge is 2.27. The maximum Gasteiger partial charge on any atom is 0.0924 e. The van der Waals surface area contributed by atoms with E-state index >= 15 is 0 Å². The molecule has 1 aromatic carbocycles. The standard InChI is InChI=1S/C14H16BrClN2O/c1-9-13(16)12(18(3)17-9)8-14(2,19)10-5-4-6-11(15)7-10/h4-7,19H,8H2,1-3H3. The number of hydrogen-bond acceptors (Lipinski definition) is 2. The Morgan fingerprint density at radius 2 is 2.16 bits per heavy atom. The monoisotopic (exact) mass is 342 g/mol. The Balaban J connectivity index is 2.36. The zero-order chi connectivity index (χ0) is 14.2. The molecule has 0 fully saturated rings. The number of hydrogen-bond donors (Lipinski definition) is 1. The van der Waals surface area contributed by atoms with E-state index in [9.17, 15) is 5.11 Å². The molecule has 102 valence electrons. The average Bonchev–Trinajstić information content (AvgIpc) is 2.56. The molecule has 0 bridgehead atoms. The number of halogens is 2. The largest absolute Gasteiger partial charge is 0.385 e. The van der Waals surface area contributed by atoms with Crippen molar-refractivity contribution in [3.63, 3.8) is 0 Å². The predicted molar refractivity (Wildman–Crippen MR) is 80.4 cm³/mol. The Morgan fingerprint density at radius 1 is 1.47 bits per heavy atom. The second-order valence-corrected chi connectivity index (χ2v) is 6.22. The molecule has 0 spiro atoms. The van der Waals surface area contributed by atoms with Crippen molar-refractivity contribution in [2.45, 2.75) is 25.9 Å². The fourth-order valence-electron chi connectivity index (χ4n) is 2.12. The summed E-state index contributed by atoms with van der Waals surface area (Å²) in [4.78, 5) is 0. The van der Waals surface area contributed by atoms with E-state index in [0.29, 0.717) is 11.4 Å². The topological polar surface area (TPSA) is 38.0 Å². The number of nitrogens with zero attached hydrogens (tertiary/aromatic N) is 2. The van der Waals surface area contributed by atoms with Crippen LogP contribution in [0, 0.1) is 6.92 Å². The molecule has 5 heteroatoms. The van der Waals surface area contributed by atoms with Gasteiger partial charge in [0.2, 0.25) is 0 Å². The SMILES string of the molecule is Cc1nn(C)c(CC(C)(O)c2cccc(Br)c2)c1Cl. The molecule has 3 nitrogen and oxygen atoms in total. The zero-order valence-electron chi connectivity index (χ0n) is 11.1. The van der Waals surface area contributed by atoms with Crippen LogP contribution in [-0.2, 0) is 19.1 Å². The first-order valence-corrected chi connectivity index (χ1v) is 7.15. The highest BCUT2D eigenvalue weighted by molar-refractivity contribution is 9.10. The Labute approximate surface area is 126 Å². The second kappa shape index (κ2) is 5.27. The van der Waals surface area contributed by atoms with Crippen molar-refractivity contribution in [3.05, 3.63) is 50.7 Å². The number of aryl methyl sites for hydroxylation is 2. The molecule has 1 atom stereocenters. The molecule has 19 heavy (non-hydrogen) atoms. The summed E-state index contributed by atoms with van der Waals surface area (Å²) >= 11 is 9.65. The van der Waals surface area contributed by atoms with E-state index in [1.54, 1.807) is 11.6 Å². The first kappa shape index (κ1) is 14.6. The van der Waals surface area contributed by atoms with Crippen LogP contribution in [0.2, 0.25) is 5.02 Å². The summed E-state index contributed by atoms with van der Waals surface area (Å²) in [6.45, 7) is 3.65. The van der Waals surface area contributed by atoms with Crippen LogP contribution in [0.5, 0.6) is 0 Å². The van der Waals surface area contributed by atoms with Crippen molar-refractivity contribution in [2.24, 2.45) is 7.05 Å². The lowest BCUT2D eigenvalue weighted by Crippen LogP contribution is -2.25. The molecule has 0 saturated heterocycles. The van der Waals surface area contributed by atoms with Gasteiger partial charge < -0.3 is 5.11 Å². The number of benzene rings is 1. The van der Waals surface area contributed by atoms with Gasteiger partial charge in [-0.05, 0) is 31.5 Å². The lowest BCUT2D eigenvalue weighted by atomic mass is 9.91. The van der Waals surface area contributed by atoms with E-state index in [-0.39, 0.29) is 0 Å². The Hall–Kier alpha value is -0.840. The third-order valence-corrected chi connectivity index (χ3v) is 4.20. The lowest BCUT2D eigenvalue weighted by Gasteiger charge is -2.24. The predicted octanol–water partition coefficient (Wildman–Crippen LogP) is 3.59. The molecular formula is C14H16BrClN2O. The van der Waals surface area contributed by atoms with E-state index in [4.69, 9.17) is 11.6 Å². The average molecular weight is 344 g/mol. The molecule has 1 N–H and O–H groups in total. The van der Waals surface area contributed by atoms with Crippen molar-refractivity contribution in [1.29, 1.82) is 0 Å². The fraction of sp³-hybridized carbons (Fsp3) is 0.357. The van der Waals surface area contributed by atoms with Crippen LogP contribution in [0.3, 0.4) is 0 Å². The Kier molecular flexibility index (Phi) is 4.04. The summed E-state index contributed by atoms with van der Waals surface area (Å²) in [5.41, 5.74) is 1.47. The van der Waals surface area contributed by atoms with Crippen LogP contribution in [0.1, 0.15) is 23.9 Å². The van der Waals surface area contributed by atoms with E-state index in [1.165, 1.54) is 0 Å². The first-order chi connectivity index (χ1) is 8.81. The van der Waals surface area contributed by atoms with Gasteiger partial charge in [-0.2, -0.15) is 5.10 Å². The van der Waals surface area contributed by atoms with Crippen molar-refractivity contribution >= 4 is 27.5 Å². The van der Waals surface area contributed by atoms with Gasteiger partial charge >= 0.3 is 0 Å². The van der Waals surface area contributed by atoms with Gasteiger partial charge in [-0.1, -0.05) is 39.7 Å². The molecule has 0 aliphatic carbocycles. The Bertz CT molecular complexity index is 607. The lowest BCUT2D eigenvalue weighted by molar-refractivity contribution is 0.0556. The molecule has 0 amide bonds. The Morgan fingerprint density at radius 3 is 2.68 bits per heavy atom. The summed E-state index contributed by atoms with van der Waals surface area (Å²) in [7, 11) is 1.84. The van der Waals surface area contributed by atoms with Crippen LogP contribution in [-0.4, -0.2) is 14.9 Å². The van der Waals surface area contributed by atoms with E-state index < -0.39 is 5.60 Å². The van der Waals surface area contributed by atoms with Gasteiger partial charge in [-0.15, -0.1) is 0 Å². The molecule has 0 saturated carbocycles. The minimum atomic E-state index is -0.992. The first-order valence-electron chi connectivity index (χ1n) is 5.97. The van der Waals surface area contributed by atoms with Crippen molar-refractivity contribution in [2.75, 3.05) is 0 Å². The minimum absolute atomic E-state index is 0.416. The van der Waals surface area contributed by atoms with Crippen LogP contribution >= 0.6 is 27.5 Å². The normalized spacial score (nSPS) is 14.4. The van der Waals surface area contributed by atoms with Crippen LogP contribution in [0.15, 0.2) is 28.7 Å². The summed E-state index contributed by atoms with van der Waals surface area (Å²) < 4.78 is 2.67. The highest BCUT2D eigenvalue weighted by Crippen LogP contribution is 2.30. The molecular weight excluding hydrogens is 328 g/mol. The van der Waals surface area contributed by atoms with Gasteiger partial charge in [0.15, 0.2) is 0 Å². The second-order valence-electron chi connectivity index (χ2n) is 4.93. The minimum Gasteiger partial charge on any atom is -0.385 e. The number of aromatic nitrogens is 2. The van der Waals surface area contributed by atoms with E-state index in [0.717, 1.165) is 21.4 Å². The van der Waals surface area contributed by atoms with Gasteiger partial charge in [0.25, 0.3) is 0 Å². The van der Waals surface area contributed by atoms with Crippen molar-refractivity contribution in [1.82, 2.24) is 9.78 Å². The van der Waals surface area contributed by atoms with E-state index in [2.05, 4.69) is 21.0 Å². The molecule has 1 aromatic heterocycles. The van der Waals surface area contributed by atoms with Crippen LogP contribution in [0.25, 0.3) is 0 Å². The smallest absolute Gasteiger partial charge is 0.0924 e. The maximum absolute atomic E-state index is 10.7. The zero-order valence-corrected chi connectivity index (χ0v) is 13.5.